The third-order valence-electron chi connectivity index (χ3n) is 15.9. The van der Waals surface area contributed by atoms with Crippen molar-refractivity contribution in [3.05, 3.63) is 18.7 Å². The van der Waals surface area contributed by atoms with Crippen molar-refractivity contribution in [1.29, 1.82) is 0 Å². The average Bonchev–Trinajstić information content (AvgIpc) is 3.91. The van der Waals surface area contributed by atoms with Crippen LogP contribution in [0.15, 0.2) is 18.7 Å². The lowest BCUT2D eigenvalue weighted by Gasteiger charge is -2.32. The van der Waals surface area contributed by atoms with Crippen LogP contribution in [-0.2, 0) is 25.6 Å². The molecule has 0 radical (unpaired) electrons. The number of imidazole rings is 1. The highest BCUT2D eigenvalue weighted by Crippen LogP contribution is 2.23. The van der Waals surface area contributed by atoms with E-state index in [1.54, 1.807) is 0 Å². The highest BCUT2D eigenvalue weighted by molar-refractivity contribution is 5.69. The van der Waals surface area contributed by atoms with Crippen molar-refractivity contribution in [2.24, 2.45) is 11.8 Å². The van der Waals surface area contributed by atoms with E-state index in [9.17, 15) is 9.59 Å². The average molecular weight is 1010 g/mol. The maximum absolute atomic E-state index is 12.7. The summed E-state index contributed by atoms with van der Waals surface area (Å²) in [5, 5.41) is 0. The second-order valence-corrected chi connectivity index (χ2v) is 22.8. The highest BCUT2D eigenvalue weighted by Gasteiger charge is 2.19. The zero-order valence-electron chi connectivity index (χ0n) is 49.2. The quantitative estimate of drug-likeness (QED) is 0.0478. The van der Waals surface area contributed by atoms with E-state index in [0.29, 0.717) is 43.9 Å². The van der Waals surface area contributed by atoms with Gasteiger partial charge in [0, 0.05) is 44.4 Å². The number of hydrogen-bond acceptors (Lipinski definition) is 6. The third kappa shape index (κ3) is 44.4. The summed E-state index contributed by atoms with van der Waals surface area (Å²) < 4.78 is 13.9. The van der Waals surface area contributed by atoms with Gasteiger partial charge in [-0.25, -0.2) is 4.98 Å². The topological polar surface area (TPSA) is 73.7 Å². The van der Waals surface area contributed by atoms with Crippen LogP contribution in [0.1, 0.15) is 336 Å². The number of ether oxygens (including phenoxy) is 2. The van der Waals surface area contributed by atoms with Crippen molar-refractivity contribution >= 4 is 11.9 Å². The van der Waals surface area contributed by atoms with Crippen LogP contribution >= 0.6 is 0 Å². The second-order valence-electron chi connectivity index (χ2n) is 22.8. The van der Waals surface area contributed by atoms with Crippen molar-refractivity contribution in [2.75, 3.05) is 26.3 Å². The van der Waals surface area contributed by atoms with Gasteiger partial charge in [-0.2, -0.15) is 0 Å². The molecule has 7 heteroatoms. The summed E-state index contributed by atoms with van der Waals surface area (Å²) in [6.45, 7) is 16.1. The molecule has 0 saturated heterocycles. The summed E-state index contributed by atoms with van der Waals surface area (Å²) in [6.07, 6.45) is 65.0. The molecular weight excluding hydrogens is 887 g/mol. The summed E-state index contributed by atoms with van der Waals surface area (Å²) in [4.78, 5) is 32.6. The summed E-state index contributed by atoms with van der Waals surface area (Å²) in [6, 6.07) is 0.653. The number of rotatable bonds is 58. The maximum Gasteiger partial charge on any atom is 0.305 e. The Labute approximate surface area is 449 Å². The molecule has 0 aliphatic rings. The second kappa shape index (κ2) is 53.9. The monoisotopic (exact) mass is 1010 g/mol. The molecule has 1 rings (SSSR count). The molecule has 1 aromatic heterocycles. The molecule has 0 aromatic carbocycles. The Morgan fingerprint density at radius 3 is 1.14 bits per heavy atom. The first kappa shape index (κ1) is 68.1. The van der Waals surface area contributed by atoms with Crippen LogP contribution in [0.3, 0.4) is 0 Å². The minimum absolute atomic E-state index is 0.0226. The Morgan fingerprint density at radius 1 is 0.403 bits per heavy atom. The van der Waals surface area contributed by atoms with Crippen LogP contribution in [0.5, 0.6) is 0 Å². The van der Waals surface area contributed by atoms with Crippen LogP contribution in [0, 0.1) is 11.8 Å². The number of aryl methyl sites for hydroxylation is 1. The van der Waals surface area contributed by atoms with Crippen LogP contribution in [0.25, 0.3) is 0 Å². The first-order chi connectivity index (χ1) is 35.5. The predicted molar refractivity (Wildman–Crippen MR) is 312 cm³/mol. The van der Waals surface area contributed by atoms with Crippen molar-refractivity contribution in [1.82, 2.24) is 14.5 Å². The van der Waals surface area contributed by atoms with E-state index < -0.39 is 0 Å². The Balaban J connectivity index is 2.63. The van der Waals surface area contributed by atoms with Gasteiger partial charge in [-0.3, -0.25) is 9.59 Å². The van der Waals surface area contributed by atoms with Gasteiger partial charge in [-0.1, -0.05) is 259 Å². The van der Waals surface area contributed by atoms with E-state index in [1.807, 2.05) is 12.5 Å². The van der Waals surface area contributed by atoms with Gasteiger partial charge in [-0.05, 0) is 82.6 Å². The molecule has 0 N–H and O–H groups in total. The fourth-order valence-electron chi connectivity index (χ4n) is 11.0. The standard InChI is InChI=1S/C65H125N3O4/c1-6-11-16-19-20-21-22-23-24-25-26-31-36-43-55-68(56-44-54-67-57-53-66-60-67)63(49-39-32-27-29-34-41-51-64(69)71-58-61(45-14-9-4)47-37-17-12-7-2)50-40-33-28-30-35-42-52-65(70)72-59-62(46-15-10-5)48-38-18-13-8-3/h53,57,60-63H,6-52,54-56,58-59H2,1-5H3. The molecule has 0 aliphatic carbocycles. The number of carbonyl (C=O) groups excluding carboxylic acids is 2. The Hall–Kier alpha value is -1.89. The van der Waals surface area contributed by atoms with Gasteiger partial charge >= 0.3 is 11.9 Å². The summed E-state index contributed by atoms with van der Waals surface area (Å²) >= 11 is 0. The van der Waals surface area contributed by atoms with Crippen molar-refractivity contribution < 1.29 is 19.1 Å². The largest absolute Gasteiger partial charge is 0.465 e. The molecule has 0 amide bonds. The zero-order chi connectivity index (χ0) is 52.1. The lowest BCUT2D eigenvalue weighted by Crippen LogP contribution is -2.37. The fraction of sp³-hybridized carbons (Fsp3) is 0.923. The first-order valence-electron chi connectivity index (χ1n) is 32.5. The van der Waals surface area contributed by atoms with E-state index >= 15 is 0 Å². The predicted octanol–water partition coefficient (Wildman–Crippen LogP) is 20.3. The molecule has 72 heavy (non-hydrogen) atoms. The summed E-state index contributed by atoms with van der Waals surface area (Å²) in [5.74, 6) is 1.13. The van der Waals surface area contributed by atoms with Gasteiger partial charge in [-0.15, -0.1) is 0 Å². The van der Waals surface area contributed by atoms with Gasteiger partial charge in [0.15, 0.2) is 0 Å². The number of hydrogen-bond donors (Lipinski definition) is 0. The lowest BCUT2D eigenvalue weighted by molar-refractivity contribution is -0.146. The normalized spacial score (nSPS) is 13.0. The van der Waals surface area contributed by atoms with Crippen LogP contribution in [-0.4, -0.2) is 58.7 Å². The number of aromatic nitrogens is 2. The molecule has 0 spiro atoms. The van der Waals surface area contributed by atoms with E-state index in [0.717, 1.165) is 32.2 Å². The molecule has 7 nitrogen and oxygen atoms in total. The number of carbonyl (C=O) groups is 2. The van der Waals surface area contributed by atoms with Crippen molar-refractivity contribution in [2.45, 2.75) is 349 Å². The number of nitrogens with zero attached hydrogens (tertiary/aromatic N) is 3. The van der Waals surface area contributed by atoms with E-state index in [4.69, 9.17) is 9.47 Å². The third-order valence-corrected chi connectivity index (χ3v) is 15.9. The molecule has 1 aromatic rings. The number of esters is 2. The molecule has 2 atom stereocenters. The molecule has 0 aliphatic heterocycles. The van der Waals surface area contributed by atoms with E-state index in [1.165, 1.54) is 276 Å². The van der Waals surface area contributed by atoms with Crippen LogP contribution < -0.4 is 0 Å². The molecule has 424 valence electrons. The smallest absolute Gasteiger partial charge is 0.305 e. The van der Waals surface area contributed by atoms with Crippen LogP contribution in [0.4, 0.5) is 0 Å². The minimum Gasteiger partial charge on any atom is -0.465 e. The molecular formula is C65H125N3O4. The van der Waals surface area contributed by atoms with Crippen molar-refractivity contribution in [3.63, 3.8) is 0 Å². The SMILES string of the molecule is CCCCCCCCCCCCCCCCN(CCCn1ccnc1)C(CCCCCCCCC(=O)OCC(CCCC)CCCCCC)CCCCCCCCC(=O)OCC(CCCC)CCCCCC. The van der Waals surface area contributed by atoms with Gasteiger partial charge in [0.2, 0.25) is 0 Å². The fourth-order valence-corrected chi connectivity index (χ4v) is 11.0. The Kier molecular flexibility index (Phi) is 51.0. The summed E-state index contributed by atoms with van der Waals surface area (Å²) in [5.41, 5.74) is 0. The van der Waals surface area contributed by atoms with Crippen molar-refractivity contribution in [3.8, 4) is 0 Å². The molecule has 2 unspecified atom stereocenters. The van der Waals surface area contributed by atoms with Gasteiger partial charge in [0.25, 0.3) is 0 Å². The van der Waals surface area contributed by atoms with Gasteiger partial charge in [0.05, 0.1) is 19.5 Å². The summed E-state index contributed by atoms with van der Waals surface area (Å²) in [7, 11) is 0. The Bertz CT molecular complexity index is 1180. The zero-order valence-corrected chi connectivity index (χ0v) is 49.2. The van der Waals surface area contributed by atoms with Crippen LogP contribution in [0.2, 0.25) is 0 Å². The van der Waals surface area contributed by atoms with E-state index in [2.05, 4.69) is 55.3 Å². The maximum atomic E-state index is 12.7. The Morgan fingerprint density at radius 2 is 0.736 bits per heavy atom. The molecule has 0 saturated carbocycles. The first-order valence-corrected chi connectivity index (χ1v) is 32.5. The number of unbranched alkanes of at least 4 members (excludes halogenated alkanes) is 31. The highest BCUT2D eigenvalue weighted by atomic mass is 16.5. The lowest BCUT2D eigenvalue weighted by atomic mass is 9.96. The van der Waals surface area contributed by atoms with E-state index in [-0.39, 0.29) is 11.9 Å². The molecule has 1 heterocycles. The molecule has 0 fully saturated rings. The van der Waals surface area contributed by atoms with Gasteiger partial charge < -0.3 is 18.9 Å². The van der Waals surface area contributed by atoms with Gasteiger partial charge in [0.1, 0.15) is 0 Å². The molecule has 0 bridgehead atoms. The minimum atomic E-state index is 0.0226.